The van der Waals surface area contributed by atoms with Crippen molar-refractivity contribution in [3.05, 3.63) is 65.9 Å². The first-order valence-electron chi connectivity index (χ1n) is 9.30. The van der Waals surface area contributed by atoms with Gasteiger partial charge in [0.05, 0.1) is 19.9 Å². The van der Waals surface area contributed by atoms with E-state index in [0.717, 1.165) is 36.5 Å². The van der Waals surface area contributed by atoms with Gasteiger partial charge < -0.3 is 20.1 Å². The summed E-state index contributed by atoms with van der Waals surface area (Å²) in [5, 5.41) is 6.62. The van der Waals surface area contributed by atoms with Gasteiger partial charge in [0.1, 0.15) is 17.3 Å². The molecule has 0 bridgehead atoms. The van der Waals surface area contributed by atoms with Crippen molar-refractivity contribution in [1.82, 2.24) is 9.97 Å². The Hall–Kier alpha value is -3.28. The SMILES string of the molecule is COc1ccc(Nc2cc(C)nc(NCCCc3ccccc3)n2)c(OC)c1. The molecule has 0 atom stereocenters. The van der Waals surface area contributed by atoms with E-state index in [2.05, 4.69) is 44.9 Å². The van der Waals surface area contributed by atoms with Gasteiger partial charge in [-0.3, -0.25) is 0 Å². The molecule has 146 valence electrons. The molecule has 6 heteroatoms. The fourth-order valence-corrected chi connectivity index (χ4v) is 2.89. The lowest BCUT2D eigenvalue weighted by Gasteiger charge is -2.13. The van der Waals surface area contributed by atoms with Crippen LogP contribution < -0.4 is 20.1 Å². The van der Waals surface area contributed by atoms with E-state index >= 15 is 0 Å². The zero-order chi connectivity index (χ0) is 19.8. The van der Waals surface area contributed by atoms with E-state index in [-0.39, 0.29) is 0 Å². The Kier molecular flexibility index (Phi) is 6.68. The summed E-state index contributed by atoms with van der Waals surface area (Å²) in [6, 6.07) is 18.0. The molecule has 1 heterocycles. The third-order valence-electron chi connectivity index (χ3n) is 4.29. The Morgan fingerprint density at radius 2 is 1.75 bits per heavy atom. The second-order valence-corrected chi connectivity index (χ2v) is 6.43. The average molecular weight is 378 g/mol. The second-order valence-electron chi connectivity index (χ2n) is 6.43. The summed E-state index contributed by atoms with van der Waals surface area (Å²) in [6.07, 6.45) is 2.03. The minimum Gasteiger partial charge on any atom is -0.497 e. The molecule has 0 aliphatic heterocycles. The van der Waals surface area contributed by atoms with E-state index in [1.54, 1.807) is 14.2 Å². The Morgan fingerprint density at radius 3 is 2.50 bits per heavy atom. The first-order valence-corrected chi connectivity index (χ1v) is 9.30. The highest BCUT2D eigenvalue weighted by Gasteiger charge is 2.08. The number of ether oxygens (including phenoxy) is 2. The fraction of sp³-hybridized carbons (Fsp3) is 0.273. The van der Waals surface area contributed by atoms with Gasteiger partial charge in [-0.1, -0.05) is 30.3 Å². The quantitative estimate of drug-likeness (QED) is 0.531. The van der Waals surface area contributed by atoms with Gasteiger partial charge in [0, 0.05) is 24.4 Å². The summed E-state index contributed by atoms with van der Waals surface area (Å²) in [4.78, 5) is 9.05. The molecule has 0 fully saturated rings. The van der Waals surface area contributed by atoms with E-state index in [1.807, 2.05) is 37.3 Å². The predicted octanol–water partition coefficient (Wildman–Crippen LogP) is 4.59. The van der Waals surface area contributed by atoms with Gasteiger partial charge in [-0.05, 0) is 37.5 Å². The number of nitrogens with one attached hydrogen (secondary N) is 2. The molecule has 0 amide bonds. The summed E-state index contributed by atoms with van der Waals surface area (Å²) in [5.74, 6) is 2.75. The van der Waals surface area contributed by atoms with Crippen LogP contribution in [-0.2, 0) is 6.42 Å². The Morgan fingerprint density at radius 1 is 0.929 bits per heavy atom. The first-order chi connectivity index (χ1) is 13.7. The van der Waals surface area contributed by atoms with Crippen molar-refractivity contribution in [2.75, 3.05) is 31.4 Å². The third kappa shape index (κ3) is 5.36. The van der Waals surface area contributed by atoms with Crippen LogP contribution in [0.1, 0.15) is 17.7 Å². The molecule has 0 unspecified atom stereocenters. The summed E-state index contributed by atoms with van der Waals surface area (Å²) in [7, 11) is 3.26. The van der Waals surface area contributed by atoms with Gasteiger partial charge in [0.25, 0.3) is 0 Å². The van der Waals surface area contributed by atoms with Crippen molar-refractivity contribution in [2.45, 2.75) is 19.8 Å². The highest BCUT2D eigenvalue weighted by molar-refractivity contribution is 5.66. The standard InChI is InChI=1S/C22H26N4O2/c1-16-14-21(25-19-12-11-18(27-2)15-20(19)28-3)26-22(24-16)23-13-7-10-17-8-5-4-6-9-17/h4-6,8-9,11-12,14-15H,7,10,13H2,1-3H3,(H2,23,24,25,26). The monoisotopic (exact) mass is 378 g/mol. The molecule has 28 heavy (non-hydrogen) atoms. The van der Waals surface area contributed by atoms with Gasteiger partial charge >= 0.3 is 0 Å². The van der Waals surface area contributed by atoms with Crippen LogP contribution >= 0.6 is 0 Å². The molecule has 0 spiro atoms. The van der Waals surface area contributed by atoms with Gasteiger partial charge in [-0.2, -0.15) is 4.98 Å². The van der Waals surface area contributed by atoms with Gasteiger partial charge in [0.2, 0.25) is 5.95 Å². The van der Waals surface area contributed by atoms with Crippen LogP contribution in [0.25, 0.3) is 0 Å². The number of hydrogen-bond acceptors (Lipinski definition) is 6. The largest absolute Gasteiger partial charge is 0.497 e. The topological polar surface area (TPSA) is 68.3 Å². The molecule has 6 nitrogen and oxygen atoms in total. The van der Waals surface area contributed by atoms with Crippen LogP contribution in [0.4, 0.5) is 17.5 Å². The molecular weight excluding hydrogens is 352 g/mol. The maximum Gasteiger partial charge on any atom is 0.224 e. The van der Waals surface area contributed by atoms with Crippen LogP contribution in [0.2, 0.25) is 0 Å². The highest BCUT2D eigenvalue weighted by atomic mass is 16.5. The van der Waals surface area contributed by atoms with Crippen molar-refractivity contribution >= 4 is 17.5 Å². The molecule has 0 aliphatic carbocycles. The molecule has 0 saturated carbocycles. The Balaban J connectivity index is 1.63. The number of methoxy groups -OCH3 is 2. The highest BCUT2D eigenvalue weighted by Crippen LogP contribution is 2.31. The second kappa shape index (κ2) is 9.60. The van der Waals surface area contributed by atoms with Gasteiger partial charge in [-0.15, -0.1) is 0 Å². The zero-order valence-electron chi connectivity index (χ0n) is 16.5. The van der Waals surface area contributed by atoms with Gasteiger partial charge in [-0.25, -0.2) is 4.98 Å². The van der Waals surface area contributed by atoms with E-state index in [1.165, 1.54) is 5.56 Å². The molecular formula is C22H26N4O2. The zero-order valence-corrected chi connectivity index (χ0v) is 16.5. The maximum atomic E-state index is 5.44. The number of nitrogens with zero attached hydrogens (tertiary/aromatic N) is 2. The fourth-order valence-electron chi connectivity index (χ4n) is 2.89. The van der Waals surface area contributed by atoms with Crippen molar-refractivity contribution < 1.29 is 9.47 Å². The molecule has 1 aromatic heterocycles. The predicted molar refractivity (Wildman–Crippen MR) is 113 cm³/mol. The number of aryl methyl sites for hydroxylation is 2. The third-order valence-corrected chi connectivity index (χ3v) is 4.29. The van der Waals surface area contributed by atoms with E-state index < -0.39 is 0 Å². The molecule has 0 aliphatic rings. The van der Waals surface area contributed by atoms with Crippen LogP contribution in [0, 0.1) is 6.92 Å². The summed E-state index contributed by atoms with van der Waals surface area (Å²) in [6.45, 7) is 2.76. The minimum atomic E-state index is 0.614. The summed E-state index contributed by atoms with van der Waals surface area (Å²) >= 11 is 0. The van der Waals surface area contributed by atoms with Crippen molar-refractivity contribution in [1.29, 1.82) is 0 Å². The first kappa shape index (κ1) is 19.5. The van der Waals surface area contributed by atoms with Crippen LogP contribution in [0.3, 0.4) is 0 Å². The van der Waals surface area contributed by atoms with Crippen LogP contribution in [0.5, 0.6) is 11.5 Å². The molecule has 3 rings (SSSR count). The van der Waals surface area contributed by atoms with Crippen LogP contribution in [0.15, 0.2) is 54.6 Å². The number of hydrogen-bond donors (Lipinski definition) is 2. The number of aromatic nitrogens is 2. The maximum absolute atomic E-state index is 5.44. The minimum absolute atomic E-state index is 0.614. The molecule has 2 N–H and O–H groups in total. The average Bonchev–Trinajstić information content (AvgIpc) is 2.72. The number of benzene rings is 2. The van der Waals surface area contributed by atoms with Crippen molar-refractivity contribution in [3.8, 4) is 11.5 Å². The van der Waals surface area contributed by atoms with E-state index in [9.17, 15) is 0 Å². The summed E-state index contributed by atoms with van der Waals surface area (Å²) < 4.78 is 10.7. The van der Waals surface area contributed by atoms with Gasteiger partial charge in [0.15, 0.2) is 0 Å². The molecule has 3 aromatic rings. The lowest BCUT2D eigenvalue weighted by molar-refractivity contribution is 0.395. The molecule has 0 saturated heterocycles. The lowest BCUT2D eigenvalue weighted by Crippen LogP contribution is -2.08. The lowest BCUT2D eigenvalue weighted by atomic mass is 10.1. The normalized spacial score (nSPS) is 10.4. The van der Waals surface area contributed by atoms with E-state index in [4.69, 9.17) is 9.47 Å². The smallest absolute Gasteiger partial charge is 0.224 e. The van der Waals surface area contributed by atoms with Crippen LogP contribution in [-0.4, -0.2) is 30.7 Å². The number of rotatable bonds is 9. The molecule has 2 aromatic carbocycles. The van der Waals surface area contributed by atoms with Crippen molar-refractivity contribution in [3.63, 3.8) is 0 Å². The Labute approximate surface area is 166 Å². The van der Waals surface area contributed by atoms with Crippen molar-refractivity contribution in [2.24, 2.45) is 0 Å². The Bertz CT molecular complexity index is 900. The number of anilines is 3. The van der Waals surface area contributed by atoms with E-state index in [0.29, 0.717) is 17.5 Å². The molecule has 0 radical (unpaired) electrons. The summed E-state index contributed by atoms with van der Waals surface area (Å²) in [5.41, 5.74) is 3.04.